The first-order chi connectivity index (χ1) is 9.06. The molecule has 1 N–H and O–H groups in total. The van der Waals surface area contributed by atoms with E-state index >= 15 is 0 Å². The van der Waals surface area contributed by atoms with Crippen molar-refractivity contribution in [3.05, 3.63) is 16.3 Å². The molecule has 19 heavy (non-hydrogen) atoms. The predicted molar refractivity (Wildman–Crippen MR) is 62.5 cm³/mol. The van der Waals surface area contributed by atoms with Gasteiger partial charge in [0.1, 0.15) is 6.73 Å². The van der Waals surface area contributed by atoms with Crippen molar-refractivity contribution in [2.45, 2.75) is 25.2 Å². The topological polar surface area (TPSA) is 70.1 Å². The van der Waals surface area contributed by atoms with Crippen LogP contribution in [0, 0.1) is 0 Å². The van der Waals surface area contributed by atoms with Crippen LogP contribution >= 0.6 is 11.3 Å². The number of carbonyl (C=O) groups excluding carboxylic acids is 2. The minimum Gasteiger partial charge on any atom is -0.401 e. The average Bonchev–Trinajstić information content (AvgIpc) is 2.96. The third-order valence-corrected chi connectivity index (χ3v) is 4.08. The lowest BCUT2D eigenvalue weighted by molar-refractivity contribution is -0.220. The monoisotopic (exact) mass is 286 g/mol. The van der Waals surface area contributed by atoms with Gasteiger partial charge in [-0.3, -0.25) is 14.5 Å². The molecule has 3 heterocycles. The maximum atomic E-state index is 14.9. The van der Waals surface area contributed by atoms with Gasteiger partial charge in [0.15, 0.2) is 5.75 Å². The number of halogens is 1. The number of hydroxylamine groups is 2. The van der Waals surface area contributed by atoms with Crippen molar-refractivity contribution in [2.75, 3.05) is 6.73 Å². The molecule has 2 aliphatic rings. The maximum Gasteiger partial charge on any atom is 0.287 e. The SMILES string of the molecule is O=C1CCC(F)(N2Cc3cscc3O2)C(=O)N1CO. The van der Waals surface area contributed by atoms with Gasteiger partial charge < -0.3 is 9.94 Å². The second-order valence-electron chi connectivity index (χ2n) is 4.42. The first kappa shape index (κ1) is 12.5. The van der Waals surface area contributed by atoms with Gasteiger partial charge in [-0.15, -0.1) is 11.3 Å². The first-order valence-corrected chi connectivity index (χ1v) is 6.66. The number of hydrogen-bond donors (Lipinski definition) is 1. The molecule has 0 saturated carbocycles. The number of carbonyl (C=O) groups is 2. The summed E-state index contributed by atoms with van der Waals surface area (Å²) >= 11 is 1.43. The van der Waals surface area contributed by atoms with Crippen LogP contribution in [0.3, 0.4) is 0 Å². The van der Waals surface area contributed by atoms with Crippen LogP contribution in [0.2, 0.25) is 0 Å². The van der Waals surface area contributed by atoms with Crippen molar-refractivity contribution in [1.29, 1.82) is 0 Å². The summed E-state index contributed by atoms with van der Waals surface area (Å²) in [5, 5.41) is 13.5. The smallest absolute Gasteiger partial charge is 0.287 e. The van der Waals surface area contributed by atoms with Crippen molar-refractivity contribution in [3.63, 3.8) is 0 Å². The van der Waals surface area contributed by atoms with E-state index in [0.717, 1.165) is 10.6 Å². The number of piperidine rings is 1. The van der Waals surface area contributed by atoms with Crippen LogP contribution in [0.1, 0.15) is 18.4 Å². The molecule has 6 nitrogen and oxygen atoms in total. The number of aliphatic hydroxyl groups excluding tert-OH is 1. The number of amides is 2. The van der Waals surface area contributed by atoms with E-state index in [-0.39, 0.29) is 19.4 Å². The van der Waals surface area contributed by atoms with Crippen LogP contribution in [0.25, 0.3) is 0 Å². The van der Waals surface area contributed by atoms with Crippen LogP contribution < -0.4 is 4.84 Å². The van der Waals surface area contributed by atoms with Crippen LogP contribution in [0.5, 0.6) is 5.75 Å². The van der Waals surface area contributed by atoms with Gasteiger partial charge in [0, 0.05) is 23.8 Å². The zero-order valence-corrected chi connectivity index (χ0v) is 10.7. The van der Waals surface area contributed by atoms with Crippen molar-refractivity contribution in [3.8, 4) is 5.75 Å². The standard InChI is InChI=1S/C11H11FN2O4S/c12-11(2-1-9(16)13(6-15)10(11)17)14-3-7-4-19-5-8(7)18-14/h4-5,15H,1-3,6H2. The molecule has 0 spiro atoms. The second kappa shape index (κ2) is 4.26. The molecule has 1 atom stereocenters. The lowest BCUT2D eigenvalue weighted by atomic mass is 10.0. The Kier molecular flexibility index (Phi) is 2.80. The number of alkyl halides is 1. The molecule has 102 valence electrons. The maximum absolute atomic E-state index is 14.9. The molecule has 1 fully saturated rings. The highest BCUT2D eigenvalue weighted by molar-refractivity contribution is 7.08. The van der Waals surface area contributed by atoms with E-state index in [9.17, 15) is 14.0 Å². The van der Waals surface area contributed by atoms with Crippen molar-refractivity contribution >= 4 is 23.2 Å². The third-order valence-electron chi connectivity index (χ3n) is 3.31. The number of likely N-dealkylation sites (tertiary alicyclic amines) is 1. The normalized spacial score (nSPS) is 27.6. The van der Waals surface area contributed by atoms with Gasteiger partial charge >= 0.3 is 0 Å². The molecule has 0 radical (unpaired) electrons. The Morgan fingerprint density at radius 1 is 1.47 bits per heavy atom. The summed E-state index contributed by atoms with van der Waals surface area (Å²) < 4.78 is 14.9. The van der Waals surface area contributed by atoms with Gasteiger partial charge in [-0.1, -0.05) is 5.06 Å². The summed E-state index contributed by atoms with van der Waals surface area (Å²) in [7, 11) is 0. The van der Waals surface area contributed by atoms with Gasteiger partial charge in [-0.25, -0.2) is 4.39 Å². The number of nitrogens with zero attached hydrogens (tertiary/aromatic N) is 2. The Hall–Kier alpha value is -1.51. The highest BCUT2D eigenvalue weighted by atomic mass is 32.1. The molecular weight excluding hydrogens is 275 g/mol. The molecule has 1 saturated heterocycles. The molecule has 3 rings (SSSR count). The molecule has 1 aromatic rings. The van der Waals surface area contributed by atoms with Crippen LogP contribution in [-0.4, -0.2) is 39.4 Å². The lowest BCUT2D eigenvalue weighted by Crippen LogP contribution is -2.61. The van der Waals surface area contributed by atoms with Gasteiger partial charge in [0.2, 0.25) is 5.91 Å². The van der Waals surface area contributed by atoms with Crippen LogP contribution in [0.4, 0.5) is 4.39 Å². The zero-order chi connectivity index (χ0) is 13.6. The van der Waals surface area contributed by atoms with E-state index in [0.29, 0.717) is 10.6 Å². The highest BCUT2D eigenvalue weighted by Crippen LogP contribution is 2.39. The van der Waals surface area contributed by atoms with E-state index in [4.69, 9.17) is 9.94 Å². The molecule has 0 aromatic carbocycles. The van der Waals surface area contributed by atoms with Crippen LogP contribution in [0.15, 0.2) is 10.8 Å². The largest absolute Gasteiger partial charge is 0.401 e. The quantitative estimate of drug-likeness (QED) is 0.637. The molecule has 2 aliphatic heterocycles. The number of fused-ring (bicyclic) bond motifs is 1. The molecule has 2 amide bonds. The van der Waals surface area contributed by atoms with Crippen LogP contribution in [-0.2, 0) is 16.1 Å². The molecule has 1 unspecified atom stereocenters. The average molecular weight is 286 g/mol. The van der Waals surface area contributed by atoms with E-state index < -0.39 is 24.3 Å². The molecule has 0 bridgehead atoms. The molecular formula is C11H11FN2O4S. The summed E-state index contributed by atoms with van der Waals surface area (Å²) in [5.74, 6) is -3.52. The second-order valence-corrected chi connectivity index (χ2v) is 5.16. The minimum absolute atomic E-state index is 0.143. The predicted octanol–water partition coefficient (Wildman–Crippen LogP) is 0.622. The van der Waals surface area contributed by atoms with E-state index in [1.54, 1.807) is 5.38 Å². The Labute approximate surface area is 111 Å². The Morgan fingerprint density at radius 2 is 2.26 bits per heavy atom. The Bertz CT molecular complexity index is 528. The molecule has 0 aliphatic carbocycles. The molecule has 8 heteroatoms. The summed E-state index contributed by atoms with van der Waals surface area (Å²) in [6, 6.07) is 0. The van der Waals surface area contributed by atoms with E-state index in [2.05, 4.69) is 0 Å². The third kappa shape index (κ3) is 1.75. The highest BCUT2D eigenvalue weighted by Gasteiger charge is 2.55. The number of rotatable bonds is 2. The summed E-state index contributed by atoms with van der Waals surface area (Å²) in [5.41, 5.74) is 0.808. The number of aliphatic hydroxyl groups is 1. The fraction of sp³-hybridized carbons (Fsp3) is 0.455. The molecule has 1 aromatic heterocycles. The Morgan fingerprint density at radius 3 is 2.95 bits per heavy atom. The van der Waals surface area contributed by atoms with Gasteiger partial charge in [0.25, 0.3) is 11.7 Å². The fourth-order valence-electron chi connectivity index (χ4n) is 2.22. The summed E-state index contributed by atoms with van der Waals surface area (Å²) in [4.78, 5) is 29.3. The van der Waals surface area contributed by atoms with Crippen molar-refractivity contribution in [1.82, 2.24) is 9.96 Å². The zero-order valence-electron chi connectivity index (χ0n) is 9.84. The van der Waals surface area contributed by atoms with Gasteiger partial charge in [-0.05, 0) is 5.38 Å². The Balaban J connectivity index is 1.85. The van der Waals surface area contributed by atoms with E-state index in [1.807, 2.05) is 5.38 Å². The number of thiophene rings is 1. The summed E-state index contributed by atoms with van der Waals surface area (Å²) in [6.45, 7) is -0.674. The number of hydrogen-bond acceptors (Lipinski definition) is 6. The summed E-state index contributed by atoms with van der Waals surface area (Å²) in [6.07, 6.45) is -0.412. The van der Waals surface area contributed by atoms with E-state index in [1.165, 1.54) is 11.3 Å². The van der Waals surface area contributed by atoms with Gasteiger partial charge in [-0.2, -0.15) is 0 Å². The van der Waals surface area contributed by atoms with Gasteiger partial charge in [0.05, 0.1) is 6.54 Å². The first-order valence-electron chi connectivity index (χ1n) is 5.71. The number of imide groups is 1. The minimum atomic E-state index is -2.41. The van der Waals surface area contributed by atoms with Crippen molar-refractivity contribution in [2.24, 2.45) is 0 Å². The fourth-order valence-corrected chi connectivity index (χ4v) is 2.96. The lowest BCUT2D eigenvalue weighted by Gasteiger charge is -2.37. The van der Waals surface area contributed by atoms with Crippen molar-refractivity contribution < 1.29 is 23.9 Å².